The number of nitrogens with zero attached hydrogens (tertiary/aromatic N) is 3. The van der Waals surface area contributed by atoms with Crippen LogP contribution in [0.1, 0.15) is 50.4 Å². The number of allylic oxidation sites excluding steroid dienone is 1. The van der Waals surface area contributed by atoms with Gasteiger partial charge >= 0.3 is 5.97 Å². The van der Waals surface area contributed by atoms with Gasteiger partial charge in [-0.05, 0) is 119 Å². The molecule has 5 rings (SSSR count). The topological polar surface area (TPSA) is 122 Å². The summed E-state index contributed by atoms with van der Waals surface area (Å²) in [4.78, 5) is 42.8. The number of non-ortho nitro benzene ring substituents is 1. The number of ether oxygens (including phenoxy) is 3. The molecule has 2 heterocycles. The number of hydrogen-bond acceptors (Lipinski definition) is 9. The molecule has 1 atom stereocenters. The smallest absolute Gasteiger partial charge is 0.338 e. The Morgan fingerprint density at radius 3 is 2.35 bits per heavy atom. The Balaban J connectivity index is 1.51. The van der Waals surface area contributed by atoms with Crippen LogP contribution in [0.15, 0.2) is 90.7 Å². The van der Waals surface area contributed by atoms with E-state index in [0.29, 0.717) is 41.0 Å². The summed E-state index contributed by atoms with van der Waals surface area (Å²) in [5.74, 6) is 0.695. The predicted molar refractivity (Wildman–Crippen MR) is 182 cm³/mol. The van der Waals surface area contributed by atoms with Crippen LogP contribution in [0, 0.1) is 10.1 Å². The van der Waals surface area contributed by atoms with Gasteiger partial charge in [0.25, 0.3) is 11.2 Å². The third-order valence-electron chi connectivity index (χ3n) is 6.93. The van der Waals surface area contributed by atoms with Gasteiger partial charge in [-0.3, -0.25) is 19.5 Å². The number of nitro groups is 1. The second-order valence-electron chi connectivity index (χ2n) is 10.6. The molecule has 1 aromatic heterocycles. The van der Waals surface area contributed by atoms with E-state index in [2.05, 4.69) is 36.9 Å². The number of aromatic nitrogens is 1. The van der Waals surface area contributed by atoms with Crippen molar-refractivity contribution in [1.29, 1.82) is 0 Å². The number of thiazole rings is 1. The minimum absolute atomic E-state index is 0.00323. The fraction of sp³-hybridized carbons (Fsp3) is 0.242. The molecular weight excluding hydrogens is 742 g/mol. The number of rotatable bonds is 10. The first kappa shape index (κ1) is 33.3. The van der Waals surface area contributed by atoms with Crippen molar-refractivity contribution in [3.05, 3.63) is 127 Å². The number of esters is 1. The maximum Gasteiger partial charge on any atom is 0.338 e. The van der Waals surface area contributed by atoms with E-state index >= 15 is 0 Å². The highest BCUT2D eigenvalue weighted by Crippen LogP contribution is 2.36. The quantitative estimate of drug-likeness (QED) is 0.101. The molecule has 0 saturated carbocycles. The van der Waals surface area contributed by atoms with E-state index in [-0.39, 0.29) is 30.6 Å². The Bertz CT molecular complexity index is 1990. The van der Waals surface area contributed by atoms with Gasteiger partial charge in [0.05, 0.1) is 48.4 Å². The molecule has 0 N–H and O–H groups in total. The van der Waals surface area contributed by atoms with Gasteiger partial charge in [-0.15, -0.1) is 0 Å². The fourth-order valence-electron chi connectivity index (χ4n) is 4.93. The van der Waals surface area contributed by atoms with Crippen LogP contribution in [-0.4, -0.2) is 28.2 Å². The first-order valence-electron chi connectivity index (χ1n) is 14.3. The zero-order valence-electron chi connectivity index (χ0n) is 25.3. The molecule has 1 aliphatic rings. The Morgan fingerprint density at radius 2 is 1.76 bits per heavy atom. The van der Waals surface area contributed by atoms with Crippen LogP contribution in [0.2, 0.25) is 0 Å². The van der Waals surface area contributed by atoms with Gasteiger partial charge in [-0.25, -0.2) is 9.79 Å². The summed E-state index contributed by atoms with van der Waals surface area (Å²) in [7, 11) is 0. The molecule has 0 fully saturated rings. The molecule has 13 heteroatoms. The van der Waals surface area contributed by atoms with Crippen LogP contribution in [-0.2, 0) is 16.1 Å². The lowest BCUT2D eigenvalue weighted by Crippen LogP contribution is -2.39. The lowest BCUT2D eigenvalue weighted by molar-refractivity contribution is -0.384. The van der Waals surface area contributed by atoms with Gasteiger partial charge in [-0.2, -0.15) is 0 Å². The van der Waals surface area contributed by atoms with E-state index in [1.807, 2.05) is 50.2 Å². The molecule has 10 nitrogen and oxygen atoms in total. The van der Waals surface area contributed by atoms with Gasteiger partial charge < -0.3 is 14.2 Å². The van der Waals surface area contributed by atoms with Crippen LogP contribution >= 0.6 is 43.2 Å². The van der Waals surface area contributed by atoms with Crippen LogP contribution in [0.25, 0.3) is 6.08 Å². The zero-order chi connectivity index (χ0) is 33.1. The molecule has 0 bridgehead atoms. The molecule has 238 valence electrons. The number of hydrogen-bond donors (Lipinski definition) is 0. The molecule has 0 radical (unpaired) electrons. The number of halogens is 2. The van der Waals surface area contributed by atoms with E-state index < -0.39 is 16.9 Å². The molecule has 0 spiro atoms. The Labute approximate surface area is 285 Å². The summed E-state index contributed by atoms with van der Waals surface area (Å²) < 4.78 is 20.4. The molecule has 0 unspecified atom stereocenters. The van der Waals surface area contributed by atoms with E-state index in [0.717, 1.165) is 16.7 Å². The average molecular weight is 771 g/mol. The summed E-state index contributed by atoms with van der Waals surface area (Å²) in [5, 5.41) is 10.9. The van der Waals surface area contributed by atoms with Crippen LogP contribution in [0.5, 0.6) is 11.5 Å². The van der Waals surface area contributed by atoms with E-state index in [1.165, 1.54) is 23.5 Å². The fourth-order valence-corrected chi connectivity index (χ4v) is 7.43. The average Bonchev–Trinajstić information content (AvgIpc) is 3.30. The maximum atomic E-state index is 14.0. The van der Waals surface area contributed by atoms with Crippen molar-refractivity contribution in [3.8, 4) is 11.5 Å². The second-order valence-corrected chi connectivity index (χ2v) is 13.3. The van der Waals surface area contributed by atoms with Crippen LogP contribution in [0.4, 0.5) is 5.69 Å². The summed E-state index contributed by atoms with van der Waals surface area (Å²) in [5.41, 5.74) is 2.71. The number of nitro benzene ring substituents is 1. The highest BCUT2D eigenvalue weighted by atomic mass is 79.9. The number of carbonyl (C=O) groups is 1. The Kier molecular flexibility index (Phi) is 10.2. The standard InChI is InChI=1S/C33H29Br2N3O7S/c1-5-43-32(40)28-19(4)36-33-37(29(28)22-8-12-24(13-9-22)45-18(2)3)31(39)27(46-33)16-21-14-25(34)30(26(35)15-21)44-17-20-6-10-23(11-7-20)38(41)42/h6-16,18,29H,5,17H2,1-4H3/b27-16-/t29-/m0/s1. The SMILES string of the molecule is CCOC(=O)C1=C(C)N=c2s/c(=C\c3cc(Br)c(OCc4ccc([N+](=O)[O-])cc4)c(Br)c3)c(=O)n2[C@H]1c1ccc(OC(C)C)cc1. The third-order valence-corrected chi connectivity index (χ3v) is 9.09. The number of fused-ring (bicyclic) bond motifs is 1. The minimum Gasteiger partial charge on any atom is -0.491 e. The maximum absolute atomic E-state index is 14.0. The van der Waals surface area contributed by atoms with Crippen molar-refractivity contribution in [1.82, 2.24) is 4.57 Å². The van der Waals surface area contributed by atoms with Gasteiger partial charge in [0.2, 0.25) is 0 Å². The van der Waals surface area contributed by atoms with Crippen molar-refractivity contribution in [2.45, 2.75) is 46.4 Å². The summed E-state index contributed by atoms with van der Waals surface area (Å²) in [6.07, 6.45) is 1.76. The first-order chi connectivity index (χ1) is 22.0. The van der Waals surface area contributed by atoms with E-state index in [1.54, 1.807) is 36.6 Å². The van der Waals surface area contributed by atoms with E-state index in [4.69, 9.17) is 14.2 Å². The summed E-state index contributed by atoms with van der Waals surface area (Å²) in [6.45, 7) is 7.74. The molecule has 3 aromatic carbocycles. The normalized spacial score (nSPS) is 14.6. The summed E-state index contributed by atoms with van der Waals surface area (Å²) in [6, 6.07) is 16.4. The third kappa shape index (κ3) is 7.16. The van der Waals surface area contributed by atoms with Crippen molar-refractivity contribution in [2.75, 3.05) is 6.61 Å². The molecular formula is C33H29Br2N3O7S. The lowest BCUT2D eigenvalue weighted by atomic mass is 9.96. The number of carbonyl (C=O) groups excluding carboxylic acids is 1. The van der Waals surface area contributed by atoms with Crippen molar-refractivity contribution >= 4 is 60.9 Å². The first-order valence-corrected chi connectivity index (χ1v) is 16.7. The molecule has 0 amide bonds. The Morgan fingerprint density at radius 1 is 1.11 bits per heavy atom. The molecule has 4 aromatic rings. The van der Waals surface area contributed by atoms with Crippen molar-refractivity contribution in [2.24, 2.45) is 4.99 Å². The molecule has 1 aliphatic heterocycles. The van der Waals surface area contributed by atoms with Crippen LogP contribution < -0.4 is 24.4 Å². The van der Waals surface area contributed by atoms with Gasteiger partial charge in [-0.1, -0.05) is 23.5 Å². The largest absolute Gasteiger partial charge is 0.491 e. The van der Waals surface area contributed by atoms with Crippen LogP contribution in [0.3, 0.4) is 0 Å². The number of benzene rings is 3. The molecule has 46 heavy (non-hydrogen) atoms. The minimum atomic E-state index is -0.737. The van der Waals surface area contributed by atoms with Gasteiger partial charge in [0.1, 0.15) is 18.1 Å². The van der Waals surface area contributed by atoms with Crippen molar-refractivity contribution in [3.63, 3.8) is 0 Å². The van der Waals surface area contributed by atoms with Gasteiger partial charge in [0, 0.05) is 12.1 Å². The summed E-state index contributed by atoms with van der Waals surface area (Å²) >= 11 is 8.37. The highest BCUT2D eigenvalue weighted by molar-refractivity contribution is 9.11. The Hall–Kier alpha value is -4.07. The van der Waals surface area contributed by atoms with E-state index in [9.17, 15) is 19.7 Å². The highest BCUT2D eigenvalue weighted by Gasteiger charge is 2.33. The molecule has 0 saturated heterocycles. The zero-order valence-corrected chi connectivity index (χ0v) is 29.3. The second kappa shape index (κ2) is 14.1. The lowest BCUT2D eigenvalue weighted by Gasteiger charge is -2.25. The van der Waals surface area contributed by atoms with Crippen molar-refractivity contribution < 1.29 is 23.9 Å². The molecule has 0 aliphatic carbocycles. The predicted octanol–water partition coefficient (Wildman–Crippen LogP) is 6.60. The van der Waals surface area contributed by atoms with Gasteiger partial charge in [0.15, 0.2) is 4.80 Å². The monoisotopic (exact) mass is 769 g/mol.